The molecule has 2 aromatic carbocycles. The third-order valence-electron chi connectivity index (χ3n) is 5.17. The van der Waals surface area contributed by atoms with Gasteiger partial charge in [-0.15, -0.1) is 11.8 Å². The van der Waals surface area contributed by atoms with Crippen LogP contribution < -0.4 is 4.90 Å². The maximum Gasteiger partial charge on any atom is 0.213 e. The average Bonchev–Trinajstić information content (AvgIpc) is 3.05. The second kappa shape index (κ2) is 6.42. The third kappa shape index (κ3) is 2.76. The van der Waals surface area contributed by atoms with Crippen LogP contribution in [0.1, 0.15) is 13.8 Å². The summed E-state index contributed by atoms with van der Waals surface area (Å²) in [6.45, 7) is 4.66. The van der Waals surface area contributed by atoms with Crippen LogP contribution >= 0.6 is 11.8 Å². The minimum absolute atomic E-state index is 0.291. The summed E-state index contributed by atoms with van der Waals surface area (Å²) in [5.41, 5.74) is 2.24. The standard InChI is InChI=1S/C20H21N3O2S2/c1-13-12-23-20(22(3)14(13)2)18(19(21-23)26-4)27(24,25)17-10-9-15-7-5-6-8-16(15)11-17/h5-11H,12H2,1-4H3. The lowest BCUT2D eigenvalue weighted by Crippen LogP contribution is -2.27. The summed E-state index contributed by atoms with van der Waals surface area (Å²) < 4.78 is 29.0. The number of hydrogen-bond donors (Lipinski definition) is 0. The van der Waals surface area contributed by atoms with E-state index >= 15 is 0 Å². The molecule has 0 unspecified atom stereocenters. The van der Waals surface area contributed by atoms with Crippen molar-refractivity contribution in [1.29, 1.82) is 0 Å². The summed E-state index contributed by atoms with van der Waals surface area (Å²) in [6.07, 6.45) is 1.86. The lowest BCUT2D eigenvalue weighted by Gasteiger charge is -2.29. The number of nitrogens with zero attached hydrogens (tertiary/aromatic N) is 3. The molecule has 0 saturated carbocycles. The lowest BCUT2D eigenvalue weighted by molar-refractivity contribution is 0.593. The molecule has 0 saturated heterocycles. The van der Waals surface area contributed by atoms with Crippen molar-refractivity contribution < 1.29 is 8.42 Å². The van der Waals surface area contributed by atoms with Crippen molar-refractivity contribution in [1.82, 2.24) is 9.78 Å². The Morgan fingerprint density at radius 2 is 1.78 bits per heavy atom. The Balaban J connectivity index is 1.95. The zero-order valence-electron chi connectivity index (χ0n) is 15.7. The molecule has 1 aromatic heterocycles. The van der Waals surface area contributed by atoms with E-state index in [1.165, 1.54) is 17.3 Å². The van der Waals surface area contributed by atoms with E-state index in [1.807, 2.05) is 62.4 Å². The number of rotatable bonds is 3. The van der Waals surface area contributed by atoms with Crippen molar-refractivity contribution in [3.8, 4) is 0 Å². The fourth-order valence-electron chi connectivity index (χ4n) is 3.46. The zero-order chi connectivity index (χ0) is 19.3. The zero-order valence-corrected chi connectivity index (χ0v) is 17.4. The van der Waals surface area contributed by atoms with Crippen LogP contribution in [0, 0.1) is 0 Å². The van der Waals surface area contributed by atoms with E-state index in [9.17, 15) is 8.42 Å². The smallest absolute Gasteiger partial charge is 0.213 e. The second-order valence-corrected chi connectivity index (χ2v) is 9.44. The highest BCUT2D eigenvalue weighted by Crippen LogP contribution is 2.41. The highest BCUT2D eigenvalue weighted by molar-refractivity contribution is 7.99. The Bertz CT molecular complexity index is 1190. The van der Waals surface area contributed by atoms with Crippen molar-refractivity contribution >= 4 is 38.2 Å². The molecule has 140 valence electrons. The Kier molecular flexibility index (Phi) is 4.31. The van der Waals surface area contributed by atoms with Crippen molar-refractivity contribution in [3.05, 3.63) is 53.7 Å². The SMILES string of the molecule is CSc1nn2c(c1S(=O)(=O)c1ccc3ccccc3c1)N(C)C(C)=C(C)C2. The fraction of sp³-hybridized carbons (Fsp3) is 0.250. The molecule has 4 rings (SSSR count). The molecule has 5 nitrogen and oxygen atoms in total. The van der Waals surface area contributed by atoms with Crippen LogP contribution in [0.4, 0.5) is 5.82 Å². The maximum atomic E-state index is 13.6. The molecular formula is C20H21N3O2S2. The number of thioether (sulfide) groups is 1. The number of anilines is 1. The highest BCUT2D eigenvalue weighted by Gasteiger charge is 2.34. The van der Waals surface area contributed by atoms with Crippen LogP contribution in [-0.2, 0) is 16.4 Å². The predicted octanol–water partition coefficient (Wildman–Crippen LogP) is 4.33. The van der Waals surface area contributed by atoms with E-state index in [2.05, 4.69) is 5.10 Å². The molecule has 2 heterocycles. The van der Waals surface area contributed by atoms with Gasteiger partial charge in [0.15, 0.2) is 5.82 Å². The second-order valence-electron chi connectivity index (χ2n) is 6.76. The number of allylic oxidation sites excluding steroid dienone is 2. The van der Waals surface area contributed by atoms with E-state index < -0.39 is 9.84 Å². The first-order chi connectivity index (χ1) is 12.8. The molecule has 7 heteroatoms. The van der Waals surface area contributed by atoms with E-state index in [0.29, 0.717) is 27.2 Å². The highest BCUT2D eigenvalue weighted by atomic mass is 32.2. The van der Waals surface area contributed by atoms with Crippen molar-refractivity contribution in [2.75, 3.05) is 18.2 Å². The summed E-state index contributed by atoms with van der Waals surface area (Å²) >= 11 is 1.36. The Hall–Kier alpha value is -2.25. The first-order valence-corrected chi connectivity index (χ1v) is 11.3. The van der Waals surface area contributed by atoms with Gasteiger partial charge in [-0.2, -0.15) is 5.10 Å². The van der Waals surface area contributed by atoms with Crippen LogP contribution in [0.25, 0.3) is 10.8 Å². The van der Waals surface area contributed by atoms with Gasteiger partial charge in [-0.1, -0.05) is 30.3 Å². The van der Waals surface area contributed by atoms with Crippen molar-refractivity contribution in [3.63, 3.8) is 0 Å². The van der Waals surface area contributed by atoms with E-state index in [1.54, 1.807) is 16.8 Å². The molecule has 1 aliphatic heterocycles. The van der Waals surface area contributed by atoms with Crippen LogP contribution in [0.2, 0.25) is 0 Å². The molecule has 3 aromatic rings. The topological polar surface area (TPSA) is 55.2 Å². The van der Waals surface area contributed by atoms with Gasteiger partial charge in [0.25, 0.3) is 0 Å². The minimum Gasteiger partial charge on any atom is -0.333 e. The predicted molar refractivity (Wildman–Crippen MR) is 110 cm³/mol. The largest absolute Gasteiger partial charge is 0.333 e. The molecule has 0 fully saturated rings. The summed E-state index contributed by atoms with van der Waals surface area (Å²) in [5.74, 6) is 0.635. The molecule has 0 spiro atoms. The number of sulfone groups is 1. The van der Waals surface area contributed by atoms with E-state index in [4.69, 9.17) is 0 Å². The minimum atomic E-state index is -3.71. The van der Waals surface area contributed by atoms with Crippen molar-refractivity contribution in [2.24, 2.45) is 0 Å². The van der Waals surface area contributed by atoms with Gasteiger partial charge >= 0.3 is 0 Å². The van der Waals surface area contributed by atoms with Crippen LogP contribution in [0.5, 0.6) is 0 Å². The van der Waals surface area contributed by atoms with E-state index in [-0.39, 0.29) is 0 Å². The maximum absolute atomic E-state index is 13.6. The molecule has 27 heavy (non-hydrogen) atoms. The molecule has 0 amide bonds. The number of aromatic nitrogens is 2. The van der Waals surface area contributed by atoms with Crippen LogP contribution in [0.15, 0.2) is 68.6 Å². The summed E-state index contributed by atoms with van der Waals surface area (Å²) in [4.78, 5) is 2.52. The van der Waals surface area contributed by atoms with Gasteiger partial charge in [-0.25, -0.2) is 13.1 Å². The number of fused-ring (bicyclic) bond motifs is 2. The Morgan fingerprint density at radius 3 is 2.48 bits per heavy atom. The molecule has 0 atom stereocenters. The van der Waals surface area contributed by atoms with Gasteiger partial charge in [0, 0.05) is 12.7 Å². The molecular weight excluding hydrogens is 378 g/mol. The lowest BCUT2D eigenvalue weighted by atomic mass is 10.1. The summed E-state index contributed by atoms with van der Waals surface area (Å²) in [7, 11) is -1.82. The molecule has 1 aliphatic rings. The fourth-order valence-corrected chi connectivity index (χ4v) is 6.01. The normalized spacial score (nSPS) is 14.7. The molecule has 0 bridgehead atoms. The Labute approximate surface area is 163 Å². The quantitative estimate of drug-likeness (QED) is 0.614. The van der Waals surface area contributed by atoms with Crippen LogP contribution in [-0.4, -0.2) is 31.5 Å². The van der Waals surface area contributed by atoms with Gasteiger partial charge in [0.2, 0.25) is 9.84 Å². The monoisotopic (exact) mass is 399 g/mol. The van der Waals surface area contributed by atoms with Crippen LogP contribution in [0.3, 0.4) is 0 Å². The average molecular weight is 400 g/mol. The van der Waals surface area contributed by atoms with Crippen molar-refractivity contribution in [2.45, 2.75) is 35.2 Å². The molecule has 0 N–H and O–H groups in total. The van der Waals surface area contributed by atoms with Gasteiger partial charge in [-0.05, 0) is 48.6 Å². The molecule has 0 radical (unpaired) electrons. The van der Waals surface area contributed by atoms with Gasteiger partial charge < -0.3 is 4.90 Å². The number of hydrogen-bond acceptors (Lipinski definition) is 5. The van der Waals surface area contributed by atoms with Gasteiger partial charge in [0.05, 0.1) is 11.4 Å². The molecule has 0 aliphatic carbocycles. The summed E-state index contributed by atoms with van der Waals surface area (Å²) in [5, 5.41) is 7.04. The van der Waals surface area contributed by atoms with E-state index in [0.717, 1.165) is 16.5 Å². The number of benzene rings is 2. The Morgan fingerprint density at radius 1 is 1.07 bits per heavy atom. The third-order valence-corrected chi connectivity index (χ3v) is 7.76. The van der Waals surface area contributed by atoms with Gasteiger partial charge in [0.1, 0.15) is 9.92 Å². The summed E-state index contributed by atoms with van der Waals surface area (Å²) in [6, 6.07) is 13.1. The van der Waals surface area contributed by atoms with Gasteiger partial charge in [-0.3, -0.25) is 0 Å². The first kappa shape index (κ1) is 18.1. The first-order valence-electron chi connectivity index (χ1n) is 8.63.